The van der Waals surface area contributed by atoms with Crippen LogP contribution in [-0.2, 0) is 4.79 Å². The molecule has 2 aromatic rings. The van der Waals surface area contributed by atoms with Crippen LogP contribution in [-0.4, -0.2) is 48.4 Å². The molecule has 0 atom stereocenters. The monoisotopic (exact) mass is 505 g/mol. The van der Waals surface area contributed by atoms with E-state index in [0.29, 0.717) is 18.8 Å². The zero-order valence-corrected chi connectivity index (χ0v) is 19.2. The summed E-state index contributed by atoms with van der Waals surface area (Å²) in [6.45, 7) is 4.14. The summed E-state index contributed by atoms with van der Waals surface area (Å²) >= 11 is 0. The van der Waals surface area contributed by atoms with Crippen molar-refractivity contribution in [1.29, 1.82) is 0 Å². The molecule has 0 saturated carbocycles. The number of aliphatic imine (C=N–C) groups is 1. The van der Waals surface area contributed by atoms with Gasteiger partial charge >= 0.3 is 0 Å². The van der Waals surface area contributed by atoms with Crippen LogP contribution in [0, 0.1) is 6.92 Å². The number of nitrogens with one attached hydrogen (secondary N) is 2. The highest BCUT2D eigenvalue weighted by Crippen LogP contribution is 2.21. The van der Waals surface area contributed by atoms with Crippen LogP contribution in [0.4, 0.5) is 5.82 Å². The van der Waals surface area contributed by atoms with E-state index in [2.05, 4.69) is 55.9 Å². The summed E-state index contributed by atoms with van der Waals surface area (Å²) in [4.78, 5) is 23.0. The van der Waals surface area contributed by atoms with Crippen molar-refractivity contribution < 1.29 is 4.79 Å². The lowest BCUT2D eigenvalue weighted by Crippen LogP contribution is -2.44. The minimum absolute atomic E-state index is 0. The Morgan fingerprint density at radius 2 is 1.97 bits per heavy atom. The number of carbonyl (C=O) groups excluding carboxylic acids is 1. The predicted octanol–water partition coefficient (Wildman–Crippen LogP) is 3.70. The molecule has 2 heterocycles. The van der Waals surface area contributed by atoms with Crippen molar-refractivity contribution >= 4 is 47.2 Å². The maximum Gasteiger partial charge on any atom is 0.227 e. The molecule has 1 aromatic heterocycles. The number of benzene rings is 1. The number of hydrogen-bond donors (Lipinski definition) is 2. The van der Waals surface area contributed by atoms with Gasteiger partial charge in [-0.15, -0.1) is 24.0 Å². The van der Waals surface area contributed by atoms with Crippen molar-refractivity contribution in [2.45, 2.75) is 19.8 Å². The van der Waals surface area contributed by atoms with Gasteiger partial charge in [-0.2, -0.15) is 0 Å². The van der Waals surface area contributed by atoms with Crippen molar-refractivity contribution in [1.82, 2.24) is 15.2 Å². The first kappa shape index (κ1) is 22.9. The quantitative estimate of drug-likeness (QED) is 0.370. The van der Waals surface area contributed by atoms with Crippen LogP contribution in [0.1, 0.15) is 24.1 Å². The topological polar surface area (TPSA) is 69.6 Å². The average Bonchev–Trinajstić information content (AvgIpc) is 2.72. The van der Waals surface area contributed by atoms with E-state index in [1.807, 2.05) is 25.1 Å². The Morgan fingerprint density at radius 1 is 1.17 bits per heavy atom. The van der Waals surface area contributed by atoms with E-state index in [9.17, 15) is 4.79 Å². The van der Waals surface area contributed by atoms with E-state index < -0.39 is 0 Å². The SMILES string of the molecule is CN=C(NCCC(=O)Nc1cccc(C)n1)N1CC=C(c2ccccc2)CC1.I. The largest absolute Gasteiger partial charge is 0.356 e. The molecule has 1 amide bonds. The molecule has 154 valence electrons. The maximum atomic E-state index is 12.1. The lowest BCUT2D eigenvalue weighted by atomic mass is 10.00. The minimum Gasteiger partial charge on any atom is -0.356 e. The molecule has 3 rings (SSSR count). The molecule has 0 unspecified atom stereocenters. The minimum atomic E-state index is -0.0639. The Morgan fingerprint density at radius 3 is 2.62 bits per heavy atom. The highest BCUT2D eigenvalue weighted by atomic mass is 127. The lowest BCUT2D eigenvalue weighted by Gasteiger charge is -2.29. The molecule has 0 fully saturated rings. The summed E-state index contributed by atoms with van der Waals surface area (Å²) < 4.78 is 0. The molecular formula is C22H28IN5O. The van der Waals surface area contributed by atoms with E-state index in [1.165, 1.54) is 11.1 Å². The van der Waals surface area contributed by atoms with Crippen LogP contribution < -0.4 is 10.6 Å². The van der Waals surface area contributed by atoms with Crippen molar-refractivity contribution in [3.8, 4) is 0 Å². The second kappa shape index (κ2) is 11.5. The summed E-state index contributed by atoms with van der Waals surface area (Å²) in [5, 5.41) is 6.11. The van der Waals surface area contributed by atoms with E-state index in [0.717, 1.165) is 31.2 Å². The van der Waals surface area contributed by atoms with Gasteiger partial charge in [0.05, 0.1) is 0 Å². The first-order valence-electron chi connectivity index (χ1n) is 9.59. The highest BCUT2D eigenvalue weighted by molar-refractivity contribution is 14.0. The fourth-order valence-corrected chi connectivity index (χ4v) is 3.21. The van der Waals surface area contributed by atoms with Gasteiger partial charge in [-0.1, -0.05) is 42.5 Å². The number of carbonyl (C=O) groups is 1. The fraction of sp³-hybridized carbons (Fsp3) is 0.318. The number of hydrogen-bond acceptors (Lipinski definition) is 3. The molecule has 0 radical (unpaired) electrons. The van der Waals surface area contributed by atoms with Gasteiger partial charge in [0.15, 0.2) is 5.96 Å². The second-order valence-corrected chi connectivity index (χ2v) is 6.73. The first-order chi connectivity index (χ1) is 13.7. The number of pyridine rings is 1. The van der Waals surface area contributed by atoms with Crippen molar-refractivity contribution in [3.63, 3.8) is 0 Å². The molecule has 1 aliphatic rings. The molecule has 0 aliphatic carbocycles. The molecule has 2 N–H and O–H groups in total. The molecule has 0 saturated heterocycles. The number of amides is 1. The number of halogens is 1. The lowest BCUT2D eigenvalue weighted by molar-refractivity contribution is -0.116. The van der Waals surface area contributed by atoms with Crippen LogP contribution in [0.5, 0.6) is 0 Å². The number of nitrogens with zero attached hydrogens (tertiary/aromatic N) is 3. The molecule has 6 nitrogen and oxygen atoms in total. The molecule has 0 spiro atoms. The van der Waals surface area contributed by atoms with Gasteiger partial charge in [0.25, 0.3) is 0 Å². The van der Waals surface area contributed by atoms with E-state index >= 15 is 0 Å². The van der Waals surface area contributed by atoms with Gasteiger partial charge < -0.3 is 15.5 Å². The van der Waals surface area contributed by atoms with Crippen LogP contribution in [0.3, 0.4) is 0 Å². The Hall–Kier alpha value is -2.42. The van der Waals surface area contributed by atoms with Crippen LogP contribution >= 0.6 is 24.0 Å². The van der Waals surface area contributed by atoms with Crippen molar-refractivity contribution in [2.24, 2.45) is 4.99 Å². The Labute approximate surface area is 189 Å². The normalized spacial score (nSPS) is 13.9. The number of anilines is 1. The fourth-order valence-electron chi connectivity index (χ4n) is 3.21. The number of rotatable bonds is 5. The van der Waals surface area contributed by atoms with E-state index in [-0.39, 0.29) is 29.9 Å². The summed E-state index contributed by atoms with van der Waals surface area (Å²) in [6, 6.07) is 16.0. The Balaban J connectivity index is 0.00000300. The van der Waals surface area contributed by atoms with Gasteiger partial charge in [0, 0.05) is 38.8 Å². The van der Waals surface area contributed by atoms with E-state index in [1.54, 1.807) is 13.1 Å². The Kier molecular flexibility index (Phi) is 9.11. The van der Waals surface area contributed by atoms with E-state index in [4.69, 9.17) is 0 Å². The number of aromatic nitrogens is 1. The van der Waals surface area contributed by atoms with Gasteiger partial charge in [-0.05, 0) is 36.6 Å². The molecule has 7 heteroatoms. The smallest absolute Gasteiger partial charge is 0.227 e. The Bertz CT molecular complexity index is 867. The third-order valence-electron chi connectivity index (χ3n) is 4.66. The van der Waals surface area contributed by atoms with Gasteiger partial charge in [-0.25, -0.2) is 4.98 Å². The maximum absolute atomic E-state index is 12.1. The third kappa shape index (κ3) is 6.85. The second-order valence-electron chi connectivity index (χ2n) is 6.73. The van der Waals surface area contributed by atoms with Crippen molar-refractivity contribution in [3.05, 3.63) is 65.9 Å². The van der Waals surface area contributed by atoms with Crippen LogP contribution in [0.15, 0.2) is 59.6 Å². The first-order valence-corrected chi connectivity index (χ1v) is 9.59. The standard InChI is InChI=1S/C22H27N5O.HI/c1-17-7-6-10-20(25-17)26-21(28)11-14-24-22(23-2)27-15-12-19(13-16-27)18-8-4-3-5-9-18;/h3-10,12H,11,13-16H2,1-2H3,(H,23,24)(H,25,26,28);1H. The highest BCUT2D eigenvalue weighted by Gasteiger charge is 2.16. The van der Waals surface area contributed by atoms with Crippen LogP contribution in [0.2, 0.25) is 0 Å². The molecule has 1 aliphatic heterocycles. The van der Waals surface area contributed by atoms with Crippen LogP contribution in [0.25, 0.3) is 5.57 Å². The van der Waals surface area contributed by atoms with Crippen molar-refractivity contribution in [2.75, 3.05) is 32.0 Å². The molecular weight excluding hydrogens is 477 g/mol. The zero-order valence-electron chi connectivity index (χ0n) is 16.9. The summed E-state index contributed by atoms with van der Waals surface area (Å²) in [6.07, 6.45) is 3.58. The average molecular weight is 505 g/mol. The van der Waals surface area contributed by atoms with Gasteiger partial charge in [0.1, 0.15) is 5.82 Å². The molecule has 0 bridgehead atoms. The summed E-state index contributed by atoms with van der Waals surface area (Å²) in [5.41, 5.74) is 3.54. The summed E-state index contributed by atoms with van der Waals surface area (Å²) in [7, 11) is 1.77. The third-order valence-corrected chi connectivity index (χ3v) is 4.66. The zero-order chi connectivity index (χ0) is 19.8. The molecule has 1 aromatic carbocycles. The van der Waals surface area contributed by atoms with Gasteiger partial charge in [-0.3, -0.25) is 9.79 Å². The number of aryl methyl sites for hydroxylation is 1. The number of guanidine groups is 1. The van der Waals surface area contributed by atoms with Gasteiger partial charge in [0.2, 0.25) is 5.91 Å². The summed E-state index contributed by atoms with van der Waals surface area (Å²) in [5.74, 6) is 1.35. The predicted molar refractivity (Wildman–Crippen MR) is 130 cm³/mol. The molecule has 29 heavy (non-hydrogen) atoms.